The van der Waals surface area contributed by atoms with Crippen molar-refractivity contribution < 1.29 is 28.6 Å². The summed E-state index contributed by atoms with van der Waals surface area (Å²) in [5, 5.41) is 2.27. The van der Waals surface area contributed by atoms with Gasteiger partial charge in [-0.15, -0.1) is 0 Å². The minimum atomic E-state index is -0.975. The van der Waals surface area contributed by atoms with Gasteiger partial charge in [0.25, 0.3) is 0 Å². The summed E-state index contributed by atoms with van der Waals surface area (Å²) in [7, 11) is 1.40. The first kappa shape index (κ1) is 21.1. The number of amides is 3. The van der Waals surface area contributed by atoms with Crippen LogP contribution in [0.3, 0.4) is 0 Å². The molecule has 0 aliphatic heterocycles. The SMILES string of the molecule is CC.CCC(COC(N)=O)(COC(N)=O)COC(=O)NC. The summed E-state index contributed by atoms with van der Waals surface area (Å²) in [6.07, 6.45) is -2.20. The number of nitrogens with two attached hydrogens (primary N) is 2. The summed E-state index contributed by atoms with van der Waals surface area (Å²) < 4.78 is 14.3. The van der Waals surface area contributed by atoms with E-state index in [1.54, 1.807) is 6.92 Å². The molecule has 0 heterocycles. The second kappa shape index (κ2) is 11.6. The Bertz CT molecular complexity index is 317. The topological polar surface area (TPSA) is 143 Å². The number of hydrogen-bond donors (Lipinski definition) is 3. The molecule has 9 heteroatoms. The molecule has 0 spiro atoms. The van der Waals surface area contributed by atoms with Crippen molar-refractivity contribution >= 4 is 18.3 Å². The lowest BCUT2D eigenvalue weighted by atomic mass is 9.88. The van der Waals surface area contributed by atoms with Crippen molar-refractivity contribution in [3.63, 3.8) is 0 Å². The smallest absolute Gasteiger partial charge is 0.406 e. The highest BCUT2D eigenvalue weighted by Gasteiger charge is 2.33. The van der Waals surface area contributed by atoms with Crippen LogP contribution in [0.25, 0.3) is 0 Å². The van der Waals surface area contributed by atoms with E-state index in [1.807, 2.05) is 13.8 Å². The number of rotatable bonds is 7. The van der Waals surface area contributed by atoms with E-state index < -0.39 is 23.7 Å². The first-order valence-corrected chi connectivity index (χ1v) is 6.54. The molecule has 0 aromatic carbocycles. The van der Waals surface area contributed by atoms with Crippen LogP contribution in [0.4, 0.5) is 14.4 Å². The van der Waals surface area contributed by atoms with E-state index in [9.17, 15) is 14.4 Å². The third-order valence-electron chi connectivity index (χ3n) is 2.50. The molecule has 0 aliphatic carbocycles. The molecular weight excluding hydrogens is 282 g/mol. The quantitative estimate of drug-likeness (QED) is 0.597. The number of carbonyl (C=O) groups excluding carboxylic acids is 3. The number of carbonyl (C=O) groups is 3. The monoisotopic (exact) mass is 307 g/mol. The molecule has 0 rings (SSSR count). The third-order valence-corrected chi connectivity index (χ3v) is 2.50. The average Bonchev–Trinajstić information content (AvgIpc) is 2.48. The van der Waals surface area contributed by atoms with E-state index >= 15 is 0 Å². The Labute approximate surface area is 124 Å². The Balaban J connectivity index is 0. The van der Waals surface area contributed by atoms with Crippen LogP contribution < -0.4 is 16.8 Å². The van der Waals surface area contributed by atoms with Gasteiger partial charge in [0, 0.05) is 7.05 Å². The molecule has 124 valence electrons. The van der Waals surface area contributed by atoms with Gasteiger partial charge in [-0.05, 0) is 6.42 Å². The number of nitrogens with one attached hydrogen (secondary N) is 1. The summed E-state index contributed by atoms with van der Waals surface area (Å²) in [5.74, 6) is 0. The van der Waals surface area contributed by atoms with Crippen LogP contribution in [0.15, 0.2) is 0 Å². The fourth-order valence-electron chi connectivity index (χ4n) is 1.17. The first-order chi connectivity index (χ1) is 9.85. The van der Waals surface area contributed by atoms with E-state index in [2.05, 4.69) is 5.32 Å². The van der Waals surface area contributed by atoms with Gasteiger partial charge >= 0.3 is 18.3 Å². The van der Waals surface area contributed by atoms with E-state index in [4.69, 9.17) is 25.7 Å². The van der Waals surface area contributed by atoms with Gasteiger partial charge in [-0.2, -0.15) is 0 Å². The van der Waals surface area contributed by atoms with Gasteiger partial charge in [-0.25, -0.2) is 14.4 Å². The number of ether oxygens (including phenoxy) is 3. The fourth-order valence-corrected chi connectivity index (χ4v) is 1.17. The molecule has 0 bridgehead atoms. The van der Waals surface area contributed by atoms with E-state index in [1.165, 1.54) is 7.05 Å². The number of hydrogen-bond acceptors (Lipinski definition) is 6. The van der Waals surface area contributed by atoms with Crippen LogP contribution in [0, 0.1) is 5.41 Å². The standard InChI is InChI=1S/C10H19N3O6.C2H6/c1-3-10(4-17-7(11)14,5-18-8(12)15)6-19-9(16)13-2;1-2/h3-6H2,1-2H3,(H2,11,14)(H2,12,15)(H,13,16);1-2H3. The van der Waals surface area contributed by atoms with Gasteiger partial charge in [0.1, 0.15) is 19.8 Å². The molecule has 0 aromatic rings. The van der Waals surface area contributed by atoms with Crippen molar-refractivity contribution in [1.29, 1.82) is 0 Å². The van der Waals surface area contributed by atoms with Crippen LogP contribution in [-0.2, 0) is 14.2 Å². The lowest BCUT2D eigenvalue weighted by molar-refractivity contribution is -0.0141. The van der Waals surface area contributed by atoms with Crippen LogP contribution in [0.2, 0.25) is 0 Å². The largest absolute Gasteiger partial charge is 0.449 e. The average molecular weight is 307 g/mol. The maximum absolute atomic E-state index is 11.1. The Morgan fingerprint density at radius 3 is 1.62 bits per heavy atom. The van der Waals surface area contributed by atoms with Crippen LogP contribution in [-0.4, -0.2) is 45.1 Å². The molecule has 0 aromatic heterocycles. The van der Waals surface area contributed by atoms with Gasteiger partial charge in [0.15, 0.2) is 0 Å². The number of primary amides is 2. The molecule has 0 radical (unpaired) electrons. The second-order valence-corrected chi connectivity index (χ2v) is 3.90. The molecule has 0 saturated carbocycles. The highest BCUT2D eigenvalue weighted by atomic mass is 16.6. The lowest BCUT2D eigenvalue weighted by Crippen LogP contribution is -2.41. The maximum atomic E-state index is 11.1. The van der Waals surface area contributed by atoms with E-state index in [0.29, 0.717) is 6.42 Å². The third kappa shape index (κ3) is 10.3. The normalized spacial score (nSPS) is 9.71. The van der Waals surface area contributed by atoms with Gasteiger partial charge in [-0.1, -0.05) is 20.8 Å². The molecule has 21 heavy (non-hydrogen) atoms. The van der Waals surface area contributed by atoms with E-state index in [-0.39, 0.29) is 19.8 Å². The molecule has 0 unspecified atom stereocenters. The van der Waals surface area contributed by atoms with Crippen LogP contribution in [0.1, 0.15) is 27.2 Å². The molecule has 0 aliphatic rings. The van der Waals surface area contributed by atoms with Gasteiger partial charge in [0.2, 0.25) is 0 Å². The predicted molar refractivity (Wildman–Crippen MR) is 75.6 cm³/mol. The van der Waals surface area contributed by atoms with Crippen molar-refractivity contribution in [3.05, 3.63) is 0 Å². The predicted octanol–water partition coefficient (Wildman–Crippen LogP) is 0.956. The van der Waals surface area contributed by atoms with Gasteiger partial charge < -0.3 is 31.0 Å². The zero-order chi connectivity index (χ0) is 16.9. The van der Waals surface area contributed by atoms with Crippen molar-refractivity contribution in [2.24, 2.45) is 16.9 Å². The number of alkyl carbamates (subject to hydrolysis) is 1. The van der Waals surface area contributed by atoms with Crippen molar-refractivity contribution in [1.82, 2.24) is 5.32 Å². The van der Waals surface area contributed by atoms with Crippen LogP contribution >= 0.6 is 0 Å². The Morgan fingerprint density at radius 2 is 1.33 bits per heavy atom. The molecule has 0 atom stereocenters. The summed E-state index contributed by atoms with van der Waals surface area (Å²) in [4.78, 5) is 32.3. The van der Waals surface area contributed by atoms with E-state index in [0.717, 1.165) is 0 Å². The minimum Gasteiger partial charge on any atom is -0.449 e. The van der Waals surface area contributed by atoms with Gasteiger partial charge in [-0.3, -0.25) is 0 Å². The lowest BCUT2D eigenvalue weighted by Gasteiger charge is -2.30. The van der Waals surface area contributed by atoms with Crippen molar-refractivity contribution in [2.45, 2.75) is 27.2 Å². The molecule has 0 fully saturated rings. The summed E-state index contributed by atoms with van der Waals surface area (Å²) >= 11 is 0. The molecule has 9 nitrogen and oxygen atoms in total. The van der Waals surface area contributed by atoms with Crippen molar-refractivity contribution in [2.75, 3.05) is 26.9 Å². The molecule has 3 amide bonds. The Morgan fingerprint density at radius 1 is 0.952 bits per heavy atom. The zero-order valence-corrected chi connectivity index (χ0v) is 12.9. The second-order valence-electron chi connectivity index (χ2n) is 3.90. The fraction of sp³-hybridized carbons (Fsp3) is 0.750. The zero-order valence-electron chi connectivity index (χ0n) is 12.9. The first-order valence-electron chi connectivity index (χ1n) is 6.54. The van der Waals surface area contributed by atoms with Crippen LogP contribution in [0.5, 0.6) is 0 Å². The molecule has 0 saturated heterocycles. The van der Waals surface area contributed by atoms with Crippen molar-refractivity contribution in [3.8, 4) is 0 Å². The summed E-state index contributed by atoms with van der Waals surface area (Å²) in [5.41, 5.74) is 8.87. The summed E-state index contributed by atoms with van der Waals surface area (Å²) in [6, 6.07) is 0. The summed E-state index contributed by atoms with van der Waals surface area (Å²) in [6.45, 7) is 5.30. The maximum Gasteiger partial charge on any atom is 0.406 e. The highest BCUT2D eigenvalue weighted by molar-refractivity contribution is 5.67. The minimum absolute atomic E-state index is 0.121. The molecular formula is C12H25N3O6. The Kier molecular flexibility index (Phi) is 11.7. The highest BCUT2D eigenvalue weighted by Crippen LogP contribution is 2.24. The molecule has 5 N–H and O–H groups in total. The van der Waals surface area contributed by atoms with Gasteiger partial charge in [0.05, 0.1) is 5.41 Å². The Hall–Kier alpha value is -2.19.